The molecule has 1 fully saturated rings. The number of amides is 3. The molecule has 4 rings (SSSR count). The maximum Gasteiger partial charge on any atom is 0.323 e. The molecule has 2 unspecified atom stereocenters. The van der Waals surface area contributed by atoms with Crippen LogP contribution in [0.2, 0.25) is 0 Å². The summed E-state index contributed by atoms with van der Waals surface area (Å²) in [7, 11) is 3.06. The van der Waals surface area contributed by atoms with E-state index in [1.165, 1.54) is 7.11 Å². The average Bonchev–Trinajstić information content (AvgIpc) is 3.30. The van der Waals surface area contributed by atoms with Crippen molar-refractivity contribution in [2.45, 2.75) is 38.9 Å². The number of benzene rings is 3. The minimum Gasteiger partial charge on any atom is -0.495 e. The van der Waals surface area contributed by atoms with Crippen molar-refractivity contribution >= 4 is 23.3 Å². The summed E-state index contributed by atoms with van der Waals surface area (Å²) >= 11 is 0. The zero-order valence-electron chi connectivity index (χ0n) is 22.6. The van der Waals surface area contributed by atoms with E-state index < -0.39 is 18.2 Å². The van der Waals surface area contributed by atoms with Gasteiger partial charge in [0.2, 0.25) is 5.91 Å². The van der Waals surface area contributed by atoms with Gasteiger partial charge in [0.1, 0.15) is 18.5 Å². The van der Waals surface area contributed by atoms with Gasteiger partial charge in [-0.05, 0) is 60.9 Å². The first-order valence-corrected chi connectivity index (χ1v) is 12.8. The molecule has 2 N–H and O–H groups in total. The van der Waals surface area contributed by atoms with Crippen molar-refractivity contribution in [3.63, 3.8) is 0 Å². The molecule has 3 aromatic carbocycles. The Hall–Kier alpha value is -4.27. The molecule has 0 radical (unpaired) electrons. The van der Waals surface area contributed by atoms with E-state index in [0.717, 1.165) is 11.1 Å². The van der Waals surface area contributed by atoms with E-state index in [0.29, 0.717) is 34.2 Å². The van der Waals surface area contributed by atoms with Gasteiger partial charge in [-0.25, -0.2) is 9.18 Å². The van der Waals surface area contributed by atoms with Crippen LogP contribution in [0.3, 0.4) is 0 Å². The second-order valence-corrected chi connectivity index (χ2v) is 9.60. The number of carbonyl (C=O) groups excluding carboxylic acids is 2. The van der Waals surface area contributed by atoms with E-state index in [4.69, 9.17) is 14.2 Å². The lowest BCUT2D eigenvalue weighted by atomic mass is 10.1. The highest BCUT2D eigenvalue weighted by atomic mass is 19.1. The summed E-state index contributed by atoms with van der Waals surface area (Å²) in [6, 6.07) is 17.4. The SMILES string of the molecule is COc1cc(CC(=O)N2CC(F)CC2COc2ccc(C)cc2OC)ccc1NC(=O)Nc1ccccc1C. The maximum absolute atomic E-state index is 14.4. The van der Waals surface area contributed by atoms with Crippen molar-refractivity contribution in [2.24, 2.45) is 0 Å². The summed E-state index contributed by atoms with van der Waals surface area (Å²) in [5.41, 5.74) is 3.82. The molecule has 0 spiro atoms. The summed E-state index contributed by atoms with van der Waals surface area (Å²) in [5, 5.41) is 5.60. The number of alkyl halides is 1. The molecular weight excluding hydrogens is 501 g/mol. The number of nitrogens with zero attached hydrogens (tertiary/aromatic N) is 1. The number of hydrogen-bond acceptors (Lipinski definition) is 5. The van der Waals surface area contributed by atoms with Crippen molar-refractivity contribution in [3.8, 4) is 17.2 Å². The van der Waals surface area contributed by atoms with E-state index in [1.54, 1.807) is 30.2 Å². The molecule has 1 saturated heterocycles. The Bertz CT molecular complexity index is 1330. The number of rotatable bonds is 9. The predicted octanol–water partition coefficient (Wildman–Crippen LogP) is 5.53. The number of carbonyl (C=O) groups is 2. The average molecular weight is 536 g/mol. The van der Waals surface area contributed by atoms with Gasteiger partial charge in [-0.15, -0.1) is 0 Å². The van der Waals surface area contributed by atoms with E-state index in [9.17, 15) is 14.0 Å². The van der Waals surface area contributed by atoms with Gasteiger partial charge < -0.3 is 29.7 Å². The maximum atomic E-state index is 14.4. The van der Waals surface area contributed by atoms with Crippen molar-refractivity contribution in [3.05, 3.63) is 77.4 Å². The van der Waals surface area contributed by atoms with Gasteiger partial charge in [-0.2, -0.15) is 0 Å². The molecule has 0 saturated carbocycles. The zero-order chi connectivity index (χ0) is 27.9. The van der Waals surface area contributed by atoms with Crippen LogP contribution in [0.25, 0.3) is 0 Å². The van der Waals surface area contributed by atoms with Crippen LogP contribution in [-0.4, -0.2) is 56.4 Å². The predicted molar refractivity (Wildman–Crippen MR) is 149 cm³/mol. The topological polar surface area (TPSA) is 89.1 Å². The Morgan fingerprint density at radius 1 is 0.923 bits per heavy atom. The van der Waals surface area contributed by atoms with Crippen molar-refractivity contribution in [1.29, 1.82) is 0 Å². The molecule has 1 heterocycles. The van der Waals surface area contributed by atoms with Crippen molar-refractivity contribution in [1.82, 2.24) is 4.90 Å². The number of hydrogen-bond donors (Lipinski definition) is 2. The number of nitrogens with one attached hydrogen (secondary N) is 2. The molecule has 3 amide bonds. The second-order valence-electron chi connectivity index (χ2n) is 9.60. The molecule has 0 aromatic heterocycles. The fraction of sp³-hybridized carbons (Fsp3) is 0.333. The highest BCUT2D eigenvalue weighted by molar-refractivity contribution is 6.01. The van der Waals surface area contributed by atoms with Gasteiger partial charge in [0, 0.05) is 12.1 Å². The van der Waals surface area contributed by atoms with Gasteiger partial charge in [-0.1, -0.05) is 30.3 Å². The number of urea groups is 1. The van der Waals surface area contributed by atoms with Gasteiger partial charge in [0.15, 0.2) is 11.5 Å². The minimum atomic E-state index is -1.12. The quantitative estimate of drug-likeness (QED) is 0.376. The molecule has 1 aliphatic rings. The van der Waals surface area contributed by atoms with Crippen LogP contribution in [0.15, 0.2) is 60.7 Å². The summed E-state index contributed by atoms with van der Waals surface area (Å²) in [6.07, 6.45) is -0.846. The molecule has 9 heteroatoms. The van der Waals surface area contributed by atoms with Crippen LogP contribution in [0.5, 0.6) is 17.2 Å². The Balaban J connectivity index is 1.39. The molecule has 39 heavy (non-hydrogen) atoms. The van der Waals surface area contributed by atoms with Crippen LogP contribution < -0.4 is 24.8 Å². The van der Waals surface area contributed by atoms with Crippen molar-refractivity contribution in [2.75, 3.05) is 38.0 Å². The van der Waals surface area contributed by atoms with Crippen LogP contribution in [-0.2, 0) is 11.2 Å². The molecule has 206 valence electrons. The molecule has 3 aromatic rings. The van der Waals surface area contributed by atoms with E-state index in [1.807, 2.05) is 56.3 Å². The van der Waals surface area contributed by atoms with Crippen molar-refractivity contribution < 1.29 is 28.2 Å². The van der Waals surface area contributed by atoms with Gasteiger partial charge in [0.25, 0.3) is 0 Å². The van der Waals surface area contributed by atoms with E-state index in [-0.39, 0.29) is 31.9 Å². The van der Waals surface area contributed by atoms with Crippen LogP contribution in [0.4, 0.5) is 20.6 Å². The van der Waals surface area contributed by atoms with E-state index in [2.05, 4.69) is 10.6 Å². The lowest BCUT2D eigenvalue weighted by Gasteiger charge is -2.25. The second kappa shape index (κ2) is 12.5. The first-order valence-electron chi connectivity index (χ1n) is 12.8. The zero-order valence-corrected chi connectivity index (χ0v) is 22.6. The number of halogens is 1. The monoisotopic (exact) mass is 535 g/mol. The van der Waals surface area contributed by atoms with Crippen LogP contribution >= 0.6 is 0 Å². The Labute approximate surface area is 228 Å². The molecule has 0 aliphatic carbocycles. The fourth-order valence-electron chi connectivity index (χ4n) is 4.62. The molecule has 0 bridgehead atoms. The Kier molecular flexibility index (Phi) is 8.91. The third-order valence-corrected chi connectivity index (χ3v) is 6.70. The highest BCUT2D eigenvalue weighted by Crippen LogP contribution is 2.30. The Morgan fingerprint density at radius 2 is 1.67 bits per heavy atom. The minimum absolute atomic E-state index is 0.0216. The van der Waals surface area contributed by atoms with Gasteiger partial charge in [-0.3, -0.25) is 4.79 Å². The number of para-hydroxylation sites is 1. The first-order chi connectivity index (χ1) is 18.8. The van der Waals surface area contributed by atoms with Crippen LogP contribution in [0, 0.1) is 13.8 Å². The summed E-state index contributed by atoms with van der Waals surface area (Å²) in [6.45, 7) is 4.04. The summed E-state index contributed by atoms with van der Waals surface area (Å²) < 4.78 is 31.2. The number of methoxy groups -OCH3 is 2. The third-order valence-electron chi connectivity index (χ3n) is 6.70. The number of aryl methyl sites for hydroxylation is 2. The smallest absolute Gasteiger partial charge is 0.323 e. The largest absolute Gasteiger partial charge is 0.495 e. The summed E-state index contributed by atoms with van der Waals surface area (Å²) in [5.74, 6) is 1.35. The molecule has 2 atom stereocenters. The fourth-order valence-corrected chi connectivity index (χ4v) is 4.62. The van der Waals surface area contributed by atoms with Crippen LogP contribution in [0.1, 0.15) is 23.1 Å². The normalized spacial score (nSPS) is 16.5. The first kappa shape index (κ1) is 27.8. The van der Waals surface area contributed by atoms with E-state index >= 15 is 0 Å². The lowest BCUT2D eigenvalue weighted by Crippen LogP contribution is -2.40. The molecule has 8 nitrogen and oxygen atoms in total. The lowest BCUT2D eigenvalue weighted by molar-refractivity contribution is -0.132. The third kappa shape index (κ3) is 6.98. The summed E-state index contributed by atoms with van der Waals surface area (Å²) in [4.78, 5) is 27.3. The number of anilines is 2. The molecular formula is C30H34FN3O5. The highest BCUT2D eigenvalue weighted by Gasteiger charge is 2.36. The Morgan fingerprint density at radius 3 is 2.41 bits per heavy atom. The number of likely N-dealkylation sites (tertiary alicyclic amines) is 1. The number of ether oxygens (including phenoxy) is 3. The van der Waals surface area contributed by atoms with Gasteiger partial charge >= 0.3 is 6.03 Å². The molecule has 1 aliphatic heterocycles. The van der Waals surface area contributed by atoms with Gasteiger partial charge in [0.05, 0.1) is 38.9 Å². The standard InChI is InChI=1S/C30H34FN3O5/c1-19-9-12-26(28(13-19)38-4)39-18-23-16-22(31)17-34(23)29(35)15-21-10-11-25(27(14-21)37-3)33-30(36)32-24-8-6-5-7-20(24)2/h5-14,22-23H,15-18H2,1-4H3,(H2,32,33,36).